The van der Waals surface area contributed by atoms with E-state index in [0.29, 0.717) is 21.8 Å². The molecule has 4 rings (SSSR count). The van der Waals surface area contributed by atoms with Crippen molar-refractivity contribution in [3.8, 4) is 11.4 Å². The van der Waals surface area contributed by atoms with Gasteiger partial charge in [0.2, 0.25) is 11.7 Å². The van der Waals surface area contributed by atoms with E-state index in [1.165, 1.54) is 11.9 Å². The number of carbonyl (C=O) groups is 1. The van der Waals surface area contributed by atoms with E-state index in [1.54, 1.807) is 29.4 Å². The maximum Gasteiger partial charge on any atom is 0.324 e. The van der Waals surface area contributed by atoms with Crippen LogP contribution in [0.3, 0.4) is 0 Å². The maximum absolute atomic E-state index is 11.6. The van der Waals surface area contributed by atoms with E-state index in [-0.39, 0.29) is 6.54 Å². The number of fused-ring (bicyclic) bond motifs is 1. The van der Waals surface area contributed by atoms with Crippen LogP contribution in [-0.4, -0.2) is 27.8 Å². The highest BCUT2D eigenvalue weighted by Crippen LogP contribution is 2.37. The average molecular weight is 460 g/mol. The van der Waals surface area contributed by atoms with E-state index in [4.69, 9.17) is 27.7 Å². The number of hydrogen-bond acceptors (Lipinski definition) is 6. The summed E-state index contributed by atoms with van der Waals surface area (Å²) in [7, 11) is 0. The van der Waals surface area contributed by atoms with Crippen molar-refractivity contribution in [3.05, 3.63) is 70.5 Å². The van der Waals surface area contributed by atoms with E-state index in [9.17, 15) is 9.90 Å². The highest BCUT2D eigenvalue weighted by atomic mass is 35.5. The summed E-state index contributed by atoms with van der Waals surface area (Å²) in [6, 6.07) is 16.6. The van der Waals surface area contributed by atoms with Crippen LogP contribution in [0.15, 0.2) is 64.0 Å². The zero-order valence-electron chi connectivity index (χ0n) is 15.7. The first-order chi connectivity index (χ1) is 14.4. The Morgan fingerprint density at radius 2 is 1.90 bits per heavy atom. The molecule has 1 heterocycles. The van der Waals surface area contributed by atoms with Crippen LogP contribution in [0.1, 0.15) is 5.89 Å². The lowest BCUT2D eigenvalue weighted by atomic mass is 10.0. The quantitative estimate of drug-likeness (QED) is 0.348. The molecule has 4 aromatic rings. The van der Waals surface area contributed by atoms with E-state index in [2.05, 4.69) is 10.1 Å². The molecule has 3 aromatic carbocycles. The number of benzene rings is 3. The van der Waals surface area contributed by atoms with Crippen molar-refractivity contribution in [2.24, 2.45) is 0 Å². The van der Waals surface area contributed by atoms with Gasteiger partial charge in [-0.1, -0.05) is 52.6 Å². The minimum absolute atomic E-state index is 0.209. The zero-order valence-corrected chi connectivity index (χ0v) is 18.0. The fourth-order valence-corrected chi connectivity index (χ4v) is 4.74. The van der Waals surface area contributed by atoms with Crippen molar-refractivity contribution < 1.29 is 14.4 Å². The molecule has 9 heteroatoms. The number of halogens is 2. The molecule has 1 aromatic heterocycles. The van der Waals surface area contributed by atoms with Gasteiger partial charge in [-0.25, -0.2) is 0 Å². The van der Waals surface area contributed by atoms with Crippen LogP contribution in [-0.2, 0) is 4.79 Å². The van der Waals surface area contributed by atoms with Crippen molar-refractivity contribution >= 4 is 57.6 Å². The topological polar surface area (TPSA) is 79.5 Å². The van der Waals surface area contributed by atoms with E-state index < -0.39 is 5.97 Å². The molecule has 0 aliphatic rings. The number of aryl methyl sites for hydroxylation is 1. The summed E-state index contributed by atoms with van der Waals surface area (Å²) in [6.45, 7) is 1.53. The predicted molar refractivity (Wildman–Crippen MR) is 119 cm³/mol. The fraction of sp³-hybridized carbons (Fsp3) is 0.0952. The smallest absolute Gasteiger partial charge is 0.324 e. The second-order valence-electron chi connectivity index (χ2n) is 6.48. The third-order valence-electron chi connectivity index (χ3n) is 4.24. The first-order valence-corrected chi connectivity index (χ1v) is 10.4. The van der Waals surface area contributed by atoms with Crippen molar-refractivity contribution in [2.45, 2.75) is 11.8 Å². The summed E-state index contributed by atoms with van der Waals surface area (Å²) in [5.74, 6) is 0.0414. The minimum atomic E-state index is -0.952. The van der Waals surface area contributed by atoms with Gasteiger partial charge in [-0.2, -0.15) is 4.98 Å². The highest BCUT2D eigenvalue weighted by molar-refractivity contribution is 8.00. The summed E-state index contributed by atoms with van der Waals surface area (Å²) in [6.07, 6.45) is 0. The summed E-state index contributed by atoms with van der Waals surface area (Å²) in [4.78, 5) is 16.6. The molecular weight excluding hydrogens is 445 g/mol. The summed E-state index contributed by atoms with van der Waals surface area (Å²) < 4.78 is 6.76. The number of nitrogens with zero attached hydrogens (tertiary/aromatic N) is 3. The van der Waals surface area contributed by atoms with Gasteiger partial charge in [0.1, 0.15) is 6.54 Å². The lowest BCUT2D eigenvalue weighted by molar-refractivity contribution is -0.135. The molecule has 1 N–H and O–H groups in total. The Labute approximate surface area is 186 Å². The Morgan fingerprint density at radius 1 is 1.13 bits per heavy atom. The van der Waals surface area contributed by atoms with Gasteiger partial charge in [0.05, 0.1) is 5.69 Å². The third kappa shape index (κ3) is 4.53. The van der Waals surface area contributed by atoms with Gasteiger partial charge >= 0.3 is 5.97 Å². The third-order valence-corrected chi connectivity index (χ3v) is 5.67. The van der Waals surface area contributed by atoms with E-state index in [0.717, 1.165) is 26.9 Å². The minimum Gasteiger partial charge on any atom is -0.480 e. The maximum atomic E-state index is 11.6. The largest absolute Gasteiger partial charge is 0.480 e. The van der Waals surface area contributed by atoms with Gasteiger partial charge in [-0.05, 0) is 47.7 Å². The molecule has 0 saturated heterocycles. The Kier molecular flexibility index (Phi) is 5.85. The van der Waals surface area contributed by atoms with Gasteiger partial charge in [0.25, 0.3) is 0 Å². The summed E-state index contributed by atoms with van der Waals surface area (Å²) in [5, 5.41) is 16.2. The Morgan fingerprint density at radius 3 is 2.57 bits per heavy atom. The molecule has 0 radical (unpaired) electrons. The van der Waals surface area contributed by atoms with Crippen molar-refractivity contribution in [1.29, 1.82) is 0 Å². The number of aliphatic carboxylic acids is 1. The standard InChI is InChI=1S/C21H15Cl2N3O3S/c1-12-24-21(25-29-12)14-5-6-18-13(7-14)3-2-4-19(18)26(11-20(27)28)30-17-9-15(22)8-16(23)10-17/h2-10H,11H2,1H3,(H,27,28). The van der Waals surface area contributed by atoms with Gasteiger partial charge < -0.3 is 13.9 Å². The normalized spacial score (nSPS) is 11.0. The molecule has 0 spiro atoms. The molecule has 30 heavy (non-hydrogen) atoms. The number of aromatic nitrogens is 2. The molecule has 0 aliphatic carbocycles. The van der Waals surface area contributed by atoms with Crippen LogP contribution in [0.25, 0.3) is 22.2 Å². The van der Waals surface area contributed by atoms with Crippen LogP contribution >= 0.6 is 35.1 Å². The van der Waals surface area contributed by atoms with Crippen molar-refractivity contribution in [1.82, 2.24) is 10.1 Å². The van der Waals surface area contributed by atoms with Crippen molar-refractivity contribution in [2.75, 3.05) is 10.8 Å². The molecule has 0 saturated carbocycles. The molecule has 0 unspecified atom stereocenters. The zero-order chi connectivity index (χ0) is 21.3. The fourth-order valence-electron chi connectivity index (χ4n) is 3.04. The van der Waals surface area contributed by atoms with Crippen LogP contribution in [0.5, 0.6) is 0 Å². The lowest BCUT2D eigenvalue weighted by Crippen LogP contribution is -2.23. The van der Waals surface area contributed by atoms with E-state index >= 15 is 0 Å². The molecule has 6 nitrogen and oxygen atoms in total. The Bertz CT molecular complexity index is 1230. The number of hydrogen-bond donors (Lipinski definition) is 1. The summed E-state index contributed by atoms with van der Waals surface area (Å²) in [5.41, 5.74) is 1.57. The predicted octanol–water partition coefficient (Wildman–Crippen LogP) is 6.10. The average Bonchev–Trinajstić information content (AvgIpc) is 3.12. The number of anilines is 1. The Hall–Kier alpha value is -2.74. The molecule has 0 amide bonds. The van der Waals surface area contributed by atoms with Gasteiger partial charge in [0, 0.05) is 32.8 Å². The second kappa shape index (κ2) is 8.55. The highest BCUT2D eigenvalue weighted by Gasteiger charge is 2.17. The van der Waals surface area contributed by atoms with Crippen molar-refractivity contribution in [3.63, 3.8) is 0 Å². The van der Waals surface area contributed by atoms with Crippen LogP contribution in [0, 0.1) is 6.92 Å². The molecule has 0 fully saturated rings. The summed E-state index contributed by atoms with van der Waals surface area (Å²) >= 11 is 13.5. The lowest BCUT2D eigenvalue weighted by Gasteiger charge is -2.23. The molecule has 0 aliphatic heterocycles. The Balaban J connectivity index is 1.76. The van der Waals surface area contributed by atoms with Crippen LogP contribution < -0.4 is 4.31 Å². The van der Waals surface area contributed by atoms with Gasteiger partial charge in [0.15, 0.2) is 0 Å². The van der Waals surface area contributed by atoms with Gasteiger partial charge in [-0.15, -0.1) is 0 Å². The molecular formula is C21H15Cl2N3O3S. The molecule has 0 bridgehead atoms. The van der Waals surface area contributed by atoms with Crippen LogP contribution in [0.2, 0.25) is 10.0 Å². The number of rotatable bonds is 6. The molecule has 0 atom stereocenters. The first-order valence-electron chi connectivity index (χ1n) is 8.86. The first kappa shape index (κ1) is 20.5. The van der Waals surface area contributed by atoms with Gasteiger partial charge in [-0.3, -0.25) is 4.79 Å². The number of carboxylic acids is 1. The second-order valence-corrected chi connectivity index (χ2v) is 8.44. The molecule has 152 valence electrons. The monoisotopic (exact) mass is 459 g/mol. The SMILES string of the molecule is Cc1nc(-c2ccc3c(N(CC(=O)O)Sc4cc(Cl)cc(Cl)c4)cccc3c2)no1. The number of carboxylic acid groups (broad SMARTS) is 1. The van der Waals surface area contributed by atoms with E-state index in [1.807, 2.05) is 36.4 Å². The van der Waals surface area contributed by atoms with Crippen LogP contribution in [0.4, 0.5) is 5.69 Å².